The first-order valence-electron chi connectivity index (χ1n) is 18.7. The Morgan fingerprint density at radius 1 is 0.273 bits per heavy atom. The molecule has 11 aromatic rings. The minimum Gasteiger partial charge on any atom is -0.455 e. The molecule has 2 heterocycles. The summed E-state index contributed by atoms with van der Waals surface area (Å²) in [5.41, 5.74) is 13.8. The van der Waals surface area contributed by atoms with E-state index in [2.05, 4.69) is 181 Å². The Morgan fingerprint density at radius 3 is 1.20 bits per heavy atom. The number of furan rings is 2. The van der Waals surface area contributed by atoms with Gasteiger partial charge in [0.15, 0.2) is 0 Å². The first kappa shape index (κ1) is 31.2. The maximum atomic E-state index is 6.61. The molecule has 0 saturated heterocycles. The zero-order valence-electron chi connectivity index (χ0n) is 29.8. The fraction of sp³-hybridized carbons (Fsp3) is 0. The first-order chi connectivity index (χ1) is 27.3. The van der Waals surface area contributed by atoms with Crippen molar-refractivity contribution in [2.45, 2.75) is 0 Å². The second-order valence-electron chi connectivity index (χ2n) is 14.1. The van der Waals surface area contributed by atoms with E-state index in [4.69, 9.17) is 8.83 Å². The molecule has 0 atom stereocenters. The molecule has 11 rings (SSSR count). The monoisotopic (exact) mass is 703 g/mol. The second-order valence-corrected chi connectivity index (χ2v) is 14.1. The maximum Gasteiger partial charge on any atom is 0.147 e. The molecule has 0 amide bonds. The molecule has 0 spiro atoms. The minimum atomic E-state index is 0.858. The lowest BCUT2D eigenvalue weighted by molar-refractivity contribution is 0.665. The number of hydrogen-bond donors (Lipinski definition) is 0. The summed E-state index contributed by atoms with van der Waals surface area (Å²) in [6, 6.07) is 70.9. The van der Waals surface area contributed by atoms with E-state index in [0.717, 1.165) is 82.8 Å². The van der Waals surface area contributed by atoms with Crippen LogP contribution in [-0.4, -0.2) is 0 Å². The Hall–Kier alpha value is -7.36. The van der Waals surface area contributed by atoms with Gasteiger partial charge in [0.05, 0.1) is 5.39 Å². The van der Waals surface area contributed by atoms with Gasteiger partial charge < -0.3 is 13.7 Å². The molecular formula is C52H33NO2. The summed E-state index contributed by atoms with van der Waals surface area (Å²) in [4.78, 5) is 2.33. The lowest BCUT2D eigenvalue weighted by Crippen LogP contribution is -2.09. The average molecular weight is 704 g/mol. The molecule has 0 radical (unpaired) electrons. The highest BCUT2D eigenvalue weighted by Crippen LogP contribution is 2.46. The Kier molecular flexibility index (Phi) is 7.17. The Balaban J connectivity index is 1.03. The molecule has 0 saturated carbocycles. The van der Waals surface area contributed by atoms with Crippen molar-refractivity contribution in [3.8, 4) is 33.4 Å². The third kappa shape index (κ3) is 5.20. The topological polar surface area (TPSA) is 29.5 Å². The number of fused-ring (bicyclic) bond motifs is 10. The van der Waals surface area contributed by atoms with E-state index in [9.17, 15) is 0 Å². The highest BCUT2D eigenvalue weighted by atomic mass is 16.3. The molecule has 258 valence electrons. The van der Waals surface area contributed by atoms with Crippen LogP contribution >= 0.6 is 0 Å². The smallest absolute Gasteiger partial charge is 0.147 e. The summed E-state index contributed by atoms with van der Waals surface area (Å²) in [6.45, 7) is 0. The van der Waals surface area contributed by atoms with E-state index in [1.54, 1.807) is 0 Å². The van der Waals surface area contributed by atoms with Crippen molar-refractivity contribution in [2.24, 2.45) is 0 Å². The van der Waals surface area contributed by atoms with Crippen LogP contribution in [0.3, 0.4) is 0 Å². The quantitative estimate of drug-likeness (QED) is 0.173. The van der Waals surface area contributed by atoms with Crippen molar-refractivity contribution in [3.63, 3.8) is 0 Å². The lowest BCUT2D eigenvalue weighted by atomic mass is 9.95. The van der Waals surface area contributed by atoms with Crippen LogP contribution in [0.2, 0.25) is 0 Å². The molecular weight excluding hydrogens is 671 g/mol. The van der Waals surface area contributed by atoms with Gasteiger partial charge in [-0.3, -0.25) is 0 Å². The van der Waals surface area contributed by atoms with E-state index < -0.39 is 0 Å². The third-order valence-electron chi connectivity index (χ3n) is 10.9. The molecule has 3 heteroatoms. The van der Waals surface area contributed by atoms with Gasteiger partial charge in [0.25, 0.3) is 0 Å². The van der Waals surface area contributed by atoms with Crippen LogP contribution in [0.25, 0.3) is 88.0 Å². The number of benzene rings is 9. The number of rotatable bonds is 6. The average Bonchev–Trinajstić information content (AvgIpc) is 3.85. The van der Waals surface area contributed by atoms with E-state index in [1.807, 2.05) is 24.3 Å². The summed E-state index contributed by atoms with van der Waals surface area (Å²) in [5.74, 6) is 0. The van der Waals surface area contributed by atoms with E-state index in [1.165, 1.54) is 22.3 Å². The first-order valence-corrected chi connectivity index (χ1v) is 18.7. The van der Waals surface area contributed by atoms with Gasteiger partial charge in [-0.1, -0.05) is 140 Å². The van der Waals surface area contributed by atoms with Gasteiger partial charge >= 0.3 is 0 Å². The maximum absolute atomic E-state index is 6.61. The fourth-order valence-electron chi connectivity index (χ4n) is 8.20. The molecule has 3 nitrogen and oxygen atoms in total. The molecule has 0 fully saturated rings. The van der Waals surface area contributed by atoms with Gasteiger partial charge in [-0.05, 0) is 99.4 Å². The zero-order chi connectivity index (χ0) is 36.3. The van der Waals surface area contributed by atoms with Crippen LogP contribution in [0.4, 0.5) is 17.1 Å². The van der Waals surface area contributed by atoms with E-state index in [-0.39, 0.29) is 0 Å². The molecule has 55 heavy (non-hydrogen) atoms. The summed E-state index contributed by atoms with van der Waals surface area (Å²) in [6.07, 6.45) is 0. The number of anilines is 3. The number of hydrogen-bond acceptors (Lipinski definition) is 3. The second kappa shape index (κ2) is 12.6. The van der Waals surface area contributed by atoms with Gasteiger partial charge in [0.1, 0.15) is 22.3 Å². The largest absolute Gasteiger partial charge is 0.455 e. The molecule has 0 bridgehead atoms. The van der Waals surface area contributed by atoms with Crippen LogP contribution in [-0.2, 0) is 0 Å². The van der Waals surface area contributed by atoms with Crippen molar-refractivity contribution in [1.82, 2.24) is 0 Å². The van der Waals surface area contributed by atoms with Gasteiger partial charge in [-0.15, -0.1) is 0 Å². The van der Waals surface area contributed by atoms with E-state index >= 15 is 0 Å². The molecule has 0 aliphatic carbocycles. The number of nitrogens with zero attached hydrogens (tertiary/aromatic N) is 1. The predicted molar refractivity (Wildman–Crippen MR) is 229 cm³/mol. The predicted octanol–water partition coefficient (Wildman–Crippen LogP) is 15.1. The Bertz CT molecular complexity index is 3080. The third-order valence-corrected chi connectivity index (χ3v) is 10.9. The van der Waals surface area contributed by atoms with Crippen LogP contribution < -0.4 is 4.90 Å². The number of para-hydroxylation sites is 2. The van der Waals surface area contributed by atoms with Crippen molar-refractivity contribution < 1.29 is 8.83 Å². The van der Waals surface area contributed by atoms with Gasteiger partial charge in [0, 0.05) is 38.6 Å². The normalized spacial score (nSPS) is 11.6. The van der Waals surface area contributed by atoms with Crippen molar-refractivity contribution in [3.05, 3.63) is 200 Å². The molecule has 0 N–H and O–H groups in total. The summed E-state index contributed by atoms with van der Waals surface area (Å²) < 4.78 is 13.2. The SMILES string of the molecule is c1ccc(-c2ccc(N(c3ccc(-c4ccccc4)cc3)c3ccc(-c4ccc5c(c4)c4c6ccccc6oc4c4c6ccccc6oc54)cc3)cc2)cc1. The van der Waals surface area contributed by atoms with Crippen LogP contribution in [0.1, 0.15) is 0 Å². The van der Waals surface area contributed by atoms with Crippen LogP contribution in [0.5, 0.6) is 0 Å². The van der Waals surface area contributed by atoms with E-state index in [0.29, 0.717) is 0 Å². The van der Waals surface area contributed by atoms with Gasteiger partial charge in [0.2, 0.25) is 0 Å². The fourth-order valence-corrected chi connectivity index (χ4v) is 8.20. The molecule has 0 unspecified atom stereocenters. The van der Waals surface area contributed by atoms with Gasteiger partial charge in [-0.2, -0.15) is 0 Å². The Morgan fingerprint density at radius 2 is 0.673 bits per heavy atom. The van der Waals surface area contributed by atoms with Gasteiger partial charge in [-0.25, -0.2) is 0 Å². The summed E-state index contributed by atoms with van der Waals surface area (Å²) in [7, 11) is 0. The highest BCUT2D eigenvalue weighted by molar-refractivity contribution is 6.33. The van der Waals surface area contributed by atoms with Crippen LogP contribution in [0, 0.1) is 0 Å². The zero-order valence-corrected chi connectivity index (χ0v) is 29.8. The molecule has 0 aliphatic heterocycles. The van der Waals surface area contributed by atoms with Crippen LogP contribution in [0.15, 0.2) is 209 Å². The molecule has 0 aliphatic rings. The lowest BCUT2D eigenvalue weighted by Gasteiger charge is -2.26. The van der Waals surface area contributed by atoms with Crippen molar-refractivity contribution in [2.75, 3.05) is 4.90 Å². The van der Waals surface area contributed by atoms with Crippen molar-refractivity contribution >= 4 is 71.7 Å². The standard InChI is InChI=1S/C52H33NO2/c1-3-11-34(12-4-1)36-19-26-40(27-20-36)53(41-28-21-37(22-29-41)35-13-5-2-6-14-35)42-30-23-38(24-31-42)39-25-32-43-46(33-39)49-44-15-7-9-17-47(44)55-52(49)50-45-16-8-10-18-48(45)54-51(43)50/h1-33H. The molecule has 2 aromatic heterocycles. The summed E-state index contributed by atoms with van der Waals surface area (Å²) in [5, 5.41) is 6.51. The minimum absolute atomic E-state index is 0.858. The summed E-state index contributed by atoms with van der Waals surface area (Å²) >= 11 is 0. The van der Waals surface area contributed by atoms with Crippen molar-refractivity contribution in [1.29, 1.82) is 0 Å². The molecule has 9 aromatic carbocycles. The highest BCUT2D eigenvalue weighted by Gasteiger charge is 2.21. The Labute approximate surface area is 317 Å².